The smallest absolute Gasteiger partial charge is 0.321 e. The molecule has 1 N–H and O–H groups in total. The Morgan fingerprint density at radius 2 is 2.20 bits per heavy atom. The molecule has 0 fully saturated rings. The second-order valence-electron chi connectivity index (χ2n) is 2.70. The molecule has 0 aliphatic carbocycles. The summed E-state index contributed by atoms with van der Waals surface area (Å²) in [6, 6.07) is 3.77. The summed E-state index contributed by atoms with van der Waals surface area (Å²) >= 11 is 9.33. The maximum atomic E-state index is 10.6. The number of halogens is 1. The van der Waals surface area contributed by atoms with Gasteiger partial charge in [-0.25, -0.2) is 0 Å². The van der Waals surface area contributed by atoms with Gasteiger partial charge in [0.05, 0.1) is 10.5 Å². The van der Waals surface area contributed by atoms with Crippen molar-refractivity contribution < 1.29 is 14.8 Å². The van der Waals surface area contributed by atoms with E-state index in [1.165, 1.54) is 12.1 Å². The molecular formula is C8H6ClNO4S. The predicted octanol–water partition coefficient (Wildman–Crippen LogP) is 2.30. The molecule has 0 heterocycles. The summed E-state index contributed by atoms with van der Waals surface area (Å²) in [5.74, 6) is -1.25. The highest BCUT2D eigenvalue weighted by Gasteiger charge is 2.24. The highest BCUT2D eigenvalue weighted by molar-refractivity contribution is 7.81. The van der Waals surface area contributed by atoms with Crippen molar-refractivity contribution in [3.63, 3.8) is 0 Å². The lowest BCUT2D eigenvalue weighted by Crippen LogP contribution is -2.07. The number of thiol groups is 1. The summed E-state index contributed by atoms with van der Waals surface area (Å²) in [6.07, 6.45) is 0. The molecule has 0 aliphatic heterocycles. The molecular weight excluding hydrogens is 242 g/mol. The molecule has 15 heavy (non-hydrogen) atoms. The monoisotopic (exact) mass is 247 g/mol. The minimum Gasteiger partial charge on any atom is -0.480 e. The molecule has 0 aromatic heterocycles. The number of rotatable bonds is 3. The fourth-order valence-corrected chi connectivity index (χ4v) is 1.42. The fraction of sp³-hybridized carbons (Fsp3) is 0.125. The van der Waals surface area contributed by atoms with E-state index in [4.69, 9.17) is 16.7 Å². The summed E-state index contributed by atoms with van der Waals surface area (Å²) in [5, 5.41) is 18.2. The van der Waals surface area contributed by atoms with Crippen molar-refractivity contribution in [3.05, 3.63) is 38.9 Å². The van der Waals surface area contributed by atoms with E-state index >= 15 is 0 Å². The second-order valence-corrected chi connectivity index (χ2v) is 3.65. The number of hydrogen-bond acceptors (Lipinski definition) is 4. The lowest BCUT2D eigenvalue weighted by atomic mass is 10.1. The zero-order valence-corrected chi connectivity index (χ0v) is 8.90. The van der Waals surface area contributed by atoms with E-state index in [-0.39, 0.29) is 16.3 Å². The van der Waals surface area contributed by atoms with Gasteiger partial charge in [-0.3, -0.25) is 14.9 Å². The first-order chi connectivity index (χ1) is 6.93. The van der Waals surface area contributed by atoms with Gasteiger partial charge in [-0.2, -0.15) is 12.6 Å². The number of nitro benzene ring substituents is 1. The lowest BCUT2D eigenvalue weighted by Gasteiger charge is -2.06. The number of carbonyl (C=O) groups is 1. The van der Waals surface area contributed by atoms with E-state index in [1.54, 1.807) is 0 Å². The van der Waals surface area contributed by atoms with Crippen LogP contribution in [0.2, 0.25) is 5.02 Å². The number of aliphatic carboxylic acids is 1. The van der Waals surface area contributed by atoms with Crippen molar-refractivity contribution in [2.75, 3.05) is 0 Å². The molecule has 1 unspecified atom stereocenters. The molecule has 1 atom stereocenters. The van der Waals surface area contributed by atoms with Crippen LogP contribution in [0, 0.1) is 10.1 Å². The van der Waals surface area contributed by atoms with Gasteiger partial charge in [0.2, 0.25) is 0 Å². The zero-order valence-electron chi connectivity index (χ0n) is 7.25. The van der Waals surface area contributed by atoms with Gasteiger partial charge in [0.25, 0.3) is 5.69 Å². The molecule has 7 heteroatoms. The average molecular weight is 248 g/mol. The minimum atomic E-state index is -1.25. The first-order valence-electron chi connectivity index (χ1n) is 3.78. The van der Waals surface area contributed by atoms with Gasteiger partial charge in [-0.15, -0.1) is 0 Å². The Hall–Kier alpha value is -1.27. The van der Waals surface area contributed by atoms with Gasteiger partial charge >= 0.3 is 5.97 Å². The van der Waals surface area contributed by atoms with Crippen molar-refractivity contribution >= 4 is 35.9 Å². The van der Waals surface area contributed by atoms with E-state index in [0.29, 0.717) is 0 Å². The van der Waals surface area contributed by atoms with Crippen LogP contribution in [-0.4, -0.2) is 16.0 Å². The Bertz CT molecular complexity index is 423. The third kappa shape index (κ3) is 2.60. The summed E-state index contributed by atoms with van der Waals surface area (Å²) in [6.45, 7) is 0. The van der Waals surface area contributed by atoms with Gasteiger partial charge < -0.3 is 5.11 Å². The second kappa shape index (κ2) is 4.50. The number of nitro groups is 1. The van der Waals surface area contributed by atoms with Crippen LogP contribution in [0.1, 0.15) is 10.8 Å². The van der Waals surface area contributed by atoms with E-state index in [0.717, 1.165) is 6.07 Å². The molecule has 5 nitrogen and oxygen atoms in total. The summed E-state index contributed by atoms with van der Waals surface area (Å²) < 4.78 is 0. The topological polar surface area (TPSA) is 80.4 Å². The van der Waals surface area contributed by atoms with Gasteiger partial charge in [-0.1, -0.05) is 11.6 Å². The molecule has 0 radical (unpaired) electrons. The lowest BCUT2D eigenvalue weighted by molar-refractivity contribution is -0.385. The normalized spacial score (nSPS) is 12.1. The Kier molecular flexibility index (Phi) is 3.54. The van der Waals surface area contributed by atoms with Gasteiger partial charge in [0.15, 0.2) is 0 Å². The number of carboxylic acids is 1. The maximum Gasteiger partial charge on any atom is 0.321 e. The zero-order chi connectivity index (χ0) is 11.6. The Balaban J connectivity index is 3.28. The third-order valence-corrected chi connectivity index (χ3v) is 2.45. The van der Waals surface area contributed by atoms with Crippen molar-refractivity contribution in [1.29, 1.82) is 0 Å². The molecule has 0 saturated carbocycles. The quantitative estimate of drug-likeness (QED) is 0.488. The Morgan fingerprint density at radius 1 is 1.60 bits per heavy atom. The molecule has 0 bridgehead atoms. The highest BCUT2D eigenvalue weighted by Crippen LogP contribution is 2.31. The number of hydrogen-bond donors (Lipinski definition) is 2. The number of benzene rings is 1. The molecule has 1 rings (SSSR count). The van der Waals surface area contributed by atoms with E-state index in [1.807, 2.05) is 0 Å². The standard InChI is InChI=1S/C8H6ClNO4S/c9-4-1-2-5(7(15)8(11)12)6(3-4)10(13)14/h1-3,7,15H,(H,11,12). The Morgan fingerprint density at radius 3 is 2.67 bits per heavy atom. The molecule has 80 valence electrons. The van der Waals surface area contributed by atoms with Crippen LogP contribution in [0.4, 0.5) is 5.69 Å². The minimum absolute atomic E-state index is 0.0141. The van der Waals surface area contributed by atoms with Crippen LogP contribution in [0.25, 0.3) is 0 Å². The van der Waals surface area contributed by atoms with Crippen LogP contribution < -0.4 is 0 Å². The fourth-order valence-electron chi connectivity index (χ4n) is 1.04. The average Bonchev–Trinajstić information content (AvgIpc) is 2.16. The first kappa shape index (κ1) is 11.8. The number of nitrogens with zero attached hydrogens (tertiary/aromatic N) is 1. The van der Waals surface area contributed by atoms with Gasteiger partial charge in [0.1, 0.15) is 5.25 Å². The van der Waals surface area contributed by atoms with Crippen molar-refractivity contribution in [2.24, 2.45) is 0 Å². The van der Waals surface area contributed by atoms with Crippen LogP contribution in [0.3, 0.4) is 0 Å². The summed E-state index contributed by atoms with van der Waals surface area (Å²) in [5.41, 5.74) is -0.329. The van der Waals surface area contributed by atoms with E-state index in [2.05, 4.69) is 12.6 Å². The third-order valence-electron chi connectivity index (χ3n) is 1.72. The SMILES string of the molecule is O=C(O)C(S)c1ccc(Cl)cc1[N+](=O)[O-]. The van der Waals surface area contributed by atoms with Crippen LogP contribution in [-0.2, 0) is 4.79 Å². The highest BCUT2D eigenvalue weighted by atomic mass is 35.5. The van der Waals surface area contributed by atoms with Gasteiger partial charge in [-0.05, 0) is 12.1 Å². The summed E-state index contributed by atoms with van der Waals surface area (Å²) in [4.78, 5) is 20.6. The van der Waals surface area contributed by atoms with Crippen LogP contribution in [0.5, 0.6) is 0 Å². The molecule has 0 saturated heterocycles. The molecule has 0 amide bonds. The summed E-state index contributed by atoms with van der Waals surface area (Å²) in [7, 11) is 0. The Labute approximate surface area is 95.2 Å². The van der Waals surface area contributed by atoms with Crippen LogP contribution in [0.15, 0.2) is 18.2 Å². The maximum absolute atomic E-state index is 10.6. The van der Waals surface area contributed by atoms with Crippen LogP contribution >= 0.6 is 24.2 Å². The van der Waals surface area contributed by atoms with E-state index in [9.17, 15) is 14.9 Å². The molecule has 1 aromatic rings. The van der Waals surface area contributed by atoms with Crippen molar-refractivity contribution in [2.45, 2.75) is 5.25 Å². The molecule has 0 spiro atoms. The van der Waals surface area contributed by atoms with Gasteiger partial charge in [0, 0.05) is 11.1 Å². The van der Waals surface area contributed by atoms with Crippen molar-refractivity contribution in [1.82, 2.24) is 0 Å². The molecule has 1 aromatic carbocycles. The first-order valence-corrected chi connectivity index (χ1v) is 4.67. The van der Waals surface area contributed by atoms with Crippen molar-refractivity contribution in [3.8, 4) is 0 Å². The number of carboxylic acid groups (broad SMARTS) is 1. The molecule has 0 aliphatic rings. The predicted molar refractivity (Wildman–Crippen MR) is 57.5 cm³/mol. The largest absolute Gasteiger partial charge is 0.480 e. The van der Waals surface area contributed by atoms with E-state index < -0.39 is 16.1 Å².